The lowest BCUT2D eigenvalue weighted by atomic mass is 10.2. The van der Waals surface area contributed by atoms with Crippen molar-refractivity contribution in [2.75, 3.05) is 31.8 Å². The van der Waals surface area contributed by atoms with E-state index >= 15 is 0 Å². The van der Waals surface area contributed by atoms with Gasteiger partial charge in [0, 0.05) is 24.9 Å². The van der Waals surface area contributed by atoms with E-state index in [4.69, 9.17) is 19.6 Å². The first-order valence-corrected chi connectivity index (χ1v) is 9.26. The van der Waals surface area contributed by atoms with Gasteiger partial charge < -0.3 is 28.8 Å². The fraction of sp³-hybridized carbons (Fsp3) is 0.238. The number of anilines is 1. The molecule has 148 valence electrons. The van der Waals surface area contributed by atoms with Crippen molar-refractivity contribution in [3.05, 3.63) is 48.0 Å². The Hall–Kier alpha value is -3.68. The Labute approximate surface area is 167 Å². The summed E-state index contributed by atoms with van der Waals surface area (Å²) in [6.07, 6.45) is 0. The number of hydrogen-bond acceptors (Lipinski definition) is 6. The highest BCUT2D eigenvalue weighted by Gasteiger charge is 2.33. The summed E-state index contributed by atoms with van der Waals surface area (Å²) in [7, 11) is 3.48. The lowest BCUT2D eigenvalue weighted by molar-refractivity contribution is 0.171. The quantitative estimate of drug-likeness (QED) is 0.711. The normalized spacial score (nSPS) is 16.1. The van der Waals surface area contributed by atoms with Gasteiger partial charge in [0.1, 0.15) is 36.4 Å². The lowest BCUT2D eigenvalue weighted by Crippen LogP contribution is -2.26. The Morgan fingerprint density at radius 3 is 2.69 bits per heavy atom. The maximum absolute atomic E-state index is 10.7. The molecule has 5 rings (SSSR count). The molecule has 0 radical (unpaired) electrons. The molecule has 3 aromatic rings. The molecule has 8 heteroatoms. The minimum atomic E-state index is 0.107. The molecule has 0 saturated carbocycles. The van der Waals surface area contributed by atoms with E-state index in [0.29, 0.717) is 41.9 Å². The zero-order chi connectivity index (χ0) is 20.1. The zero-order valence-corrected chi connectivity index (χ0v) is 16.1. The summed E-state index contributed by atoms with van der Waals surface area (Å²) in [5.41, 5.74) is 2.80. The van der Waals surface area contributed by atoms with Gasteiger partial charge in [0.05, 0.1) is 30.3 Å². The van der Waals surface area contributed by atoms with Crippen LogP contribution in [0, 0.1) is 5.41 Å². The van der Waals surface area contributed by atoms with Gasteiger partial charge in [-0.15, -0.1) is 0 Å². The zero-order valence-electron chi connectivity index (χ0n) is 16.1. The average molecular weight is 392 g/mol. The molecule has 29 heavy (non-hydrogen) atoms. The Balaban J connectivity index is 1.52. The molecule has 0 fully saturated rings. The summed E-state index contributed by atoms with van der Waals surface area (Å²) in [6, 6.07) is 11.1. The molecule has 0 spiro atoms. The number of aliphatic hydroxyl groups is 1. The van der Waals surface area contributed by atoms with Crippen LogP contribution in [0.2, 0.25) is 0 Å². The highest BCUT2D eigenvalue weighted by Crippen LogP contribution is 2.37. The maximum Gasteiger partial charge on any atom is 0.163 e. The van der Waals surface area contributed by atoms with Crippen LogP contribution in [0.3, 0.4) is 0 Å². The molecule has 0 aliphatic carbocycles. The van der Waals surface area contributed by atoms with E-state index in [-0.39, 0.29) is 18.1 Å². The third kappa shape index (κ3) is 2.67. The number of nitrogens with zero attached hydrogens (tertiary/aromatic N) is 3. The lowest BCUT2D eigenvalue weighted by Gasteiger charge is -2.23. The highest BCUT2D eigenvalue weighted by atomic mass is 16.6. The Morgan fingerprint density at radius 1 is 1.10 bits per heavy atom. The maximum atomic E-state index is 10.7. The number of benzene rings is 2. The van der Waals surface area contributed by atoms with Crippen LogP contribution in [-0.4, -0.2) is 47.4 Å². The van der Waals surface area contributed by atoms with Crippen molar-refractivity contribution in [1.29, 1.82) is 5.41 Å². The number of methoxy groups -OCH3 is 1. The van der Waals surface area contributed by atoms with Gasteiger partial charge in [-0.05, 0) is 24.3 Å². The third-order valence-electron chi connectivity index (χ3n) is 5.25. The number of aliphatic hydroxyl groups excluding tert-OH is 1. The Morgan fingerprint density at radius 2 is 1.90 bits per heavy atom. The van der Waals surface area contributed by atoms with E-state index in [1.165, 1.54) is 0 Å². The first kappa shape index (κ1) is 17.4. The molecule has 2 aliphatic rings. The van der Waals surface area contributed by atoms with Crippen molar-refractivity contribution in [2.24, 2.45) is 7.05 Å². The molecule has 0 bridgehead atoms. The highest BCUT2D eigenvalue weighted by molar-refractivity contribution is 6.30. The second-order valence-electron chi connectivity index (χ2n) is 6.93. The van der Waals surface area contributed by atoms with Gasteiger partial charge in [-0.3, -0.25) is 5.41 Å². The van der Waals surface area contributed by atoms with E-state index in [0.717, 1.165) is 16.7 Å². The average Bonchev–Trinajstić information content (AvgIpc) is 3.22. The number of imidazole rings is 1. The minimum absolute atomic E-state index is 0.107. The van der Waals surface area contributed by atoms with Gasteiger partial charge in [-0.25, -0.2) is 4.98 Å². The van der Waals surface area contributed by atoms with Gasteiger partial charge >= 0.3 is 0 Å². The van der Waals surface area contributed by atoms with Gasteiger partial charge in [-0.2, -0.15) is 0 Å². The molecule has 8 nitrogen and oxygen atoms in total. The van der Waals surface area contributed by atoms with Crippen molar-refractivity contribution in [1.82, 2.24) is 9.55 Å². The summed E-state index contributed by atoms with van der Waals surface area (Å²) in [4.78, 5) is 6.38. The molecular formula is C21H20N4O4. The second-order valence-corrected chi connectivity index (χ2v) is 6.93. The number of hydrogen-bond donors (Lipinski definition) is 2. The summed E-state index contributed by atoms with van der Waals surface area (Å²) in [5, 5.41) is 19.4. The predicted octanol–water partition coefficient (Wildman–Crippen LogP) is 3.12. The first-order chi connectivity index (χ1) is 14.1. The van der Waals surface area contributed by atoms with Gasteiger partial charge in [0.25, 0.3) is 0 Å². The molecule has 2 aromatic carbocycles. The number of nitrogens with one attached hydrogen (secondary N) is 1. The third-order valence-corrected chi connectivity index (χ3v) is 5.25. The standard InChI is InChI=1S/C21H20N4O4/c1-24-15-5-4-13(27-2)10-14(15)23-21(24)19-16(26)11-25(20(19)22)12-3-6-17-18(9-12)29-8-7-28-17/h3-6,9-10,22,26H,7-8,11H2,1-2H3. The van der Waals surface area contributed by atoms with Crippen LogP contribution in [0.5, 0.6) is 17.2 Å². The number of amidine groups is 1. The second kappa shape index (κ2) is 6.44. The monoisotopic (exact) mass is 392 g/mol. The number of aryl methyl sites for hydroxylation is 1. The molecule has 1 aromatic heterocycles. The van der Waals surface area contributed by atoms with Crippen LogP contribution in [0.25, 0.3) is 16.6 Å². The molecule has 0 amide bonds. The Bertz CT molecular complexity index is 1180. The molecule has 2 N–H and O–H groups in total. The molecular weight excluding hydrogens is 372 g/mol. The van der Waals surface area contributed by atoms with Crippen molar-refractivity contribution < 1.29 is 19.3 Å². The molecule has 0 unspecified atom stereocenters. The smallest absolute Gasteiger partial charge is 0.163 e. The van der Waals surface area contributed by atoms with Crippen LogP contribution in [0.15, 0.2) is 42.2 Å². The number of rotatable bonds is 3. The largest absolute Gasteiger partial charge is 0.509 e. The van der Waals surface area contributed by atoms with Crippen molar-refractivity contribution >= 4 is 28.1 Å². The van der Waals surface area contributed by atoms with Crippen molar-refractivity contribution in [2.45, 2.75) is 0 Å². The number of ether oxygens (including phenoxy) is 3. The summed E-state index contributed by atoms with van der Waals surface area (Å²) < 4.78 is 18.4. The van der Waals surface area contributed by atoms with Crippen LogP contribution >= 0.6 is 0 Å². The van der Waals surface area contributed by atoms with E-state index in [2.05, 4.69) is 4.98 Å². The molecule has 0 saturated heterocycles. The van der Waals surface area contributed by atoms with Crippen LogP contribution in [0.4, 0.5) is 5.69 Å². The fourth-order valence-electron chi connectivity index (χ4n) is 3.76. The fourth-order valence-corrected chi connectivity index (χ4v) is 3.76. The SMILES string of the molecule is COc1ccc2c(c1)nc(C1=C(O)CN(c3ccc4c(c3)OCCO4)C1=N)n2C. The topological polar surface area (TPSA) is 92.8 Å². The molecule has 2 aliphatic heterocycles. The number of fused-ring (bicyclic) bond motifs is 2. The number of aromatic nitrogens is 2. The van der Waals surface area contributed by atoms with Gasteiger partial charge in [0.15, 0.2) is 11.5 Å². The predicted molar refractivity (Wildman–Crippen MR) is 109 cm³/mol. The van der Waals surface area contributed by atoms with E-state index in [1.807, 2.05) is 48.0 Å². The summed E-state index contributed by atoms with van der Waals surface area (Å²) in [6.45, 7) is 1.21. The minimum Gasteiger partial charge on any atom is -0.509 e. The van der Waals surface area contributed by atoms with Crippen LogP contribution < -0.4 is 19.1 Å². The first-order valence-electron chi connectivity index (χ1n) is 9.26. The van der Waals surface area contributed by atoms with Crippen molar-refractivity contribution in [3.63, 3.8) is 0 Å². The van der Waals surface area contributed by atoms with Gasteiger partial charge in [-0.1, -0.05) is 0 Å². The molecule has 3 heterocycles. The van der Waals surface area contributed by atoms with E-state index < -0.39 is 0 Å². The Kier molecular flexibility index (Phi) is 3.87. The van der Waals surface area contributed by atoms with Crippen molar-refractivity contribution in [3.8, 4) is 17.2 Å². The van der Waals surface area contributed by atoms with Crippen LogP contribution in [-0.2, 0) is 7.05 Å². The van der Waals surface area contributed by atoms with E-state index in [1.54, 1.807) is 12.0 Å². The molecule has 0 atom stereocenters. The van der Waals surface area contributed by atoms with Crippen LogP contribution in [0.1, 0.15) is 5.82 Å². The van der Waals surface area contributed by atoms with Gasteiger partial charge in [0.2, 0.25) is 0 Å². The summed E-state index contributed by atoms with van der Waals surface area (Å²) in [5.74, 6) is 2.87. The van der Waals surface area contributed by atoms with E-state index in [9.17, 15) is 5.11 Å². The summed E-state index contributed by atoms with van der Waals surface area (Å²) >= 11 is 0.